The SMILES string of the molecule is Cc1ccc(CC(=O)NCc2cccc(C(N)=O)c2)cc1C. The molecule has 0 aliphatic rings. The summed E-state index contributed by atoms with van der Waals surface area (Å²) in [7, 11) is 0. The van der Waals surface area contributed by atoms with Gasteiger partial charge >= 0.3 is 0 Å². The van der Waals surface area contributed by atoms with Crippen LogP contribution < -0.4 is 11.1 Å². The lowest BCUT2D eigenvalue weighted by molar-refractivity contribution is -0.120. The molecule has 0 heterocycles. The van der Waals surface area contributed by atoms with Gasteiger partial charge < -0.3 is 11.1 Å². The first-order chi connectivity index (χ1) is 10.5. The quantitative estimate of drug-likeness (QED) is 0.888. The minimum atomic E-state index is -0.469. The van der Waals surface area contributed by atoms with Crippen molar-refractivity contribution in [3.63, 3.8) is 0 Å². The molecular weight excluding hydrogens is 276 g/mol. The molecule has 22 heavy (non-hydrogen) atoms. The Bertz CT molecular complexity index is 708. The minimum absolute atomic E-state index is 0.0484. The molecule has 0 saturated carbocycles. The molecule has 0 aliphatic heterocycles. The highest BCUT2D eigenvalue weighted by molar-refractivity contribution is 5.92. The third kappa shape index (κ3) is 4.19. The van der Waals surface area contributed by atoms with Gasteiger partial charge in [0, 0.05) is 12.1 Å². The molecule has 0 spiro atoms. The van der Waals surface area contributed by atoms with Gasteiger partial charge in [0.2, 0.25) is 11.8 Å². The summed E-state index contributed by atoms with van der Waals surface area (Å²) in [4.78, 5) is 23.1. The highest BCUT2D eigenvalue weighted by Gasteiger charge is 2.06. The minimum Gasteiger partial charge on any atom is -0.366 e. The Labute approximate surface area is 130 Å². The van der Waals surface area contributed by atoms with Crippen LogP contribution >= 0.6 is 0 Å². The van der Waals surface area contributed by atoms with Crippen molar-refractivity contribution in [2.24, 2.45) is 5.73 Å². The van der Waals surface area contributed by atoms with Crippen molar-refractivity contribution in [2.75, 3.05) is 0 Å². The topological polar surface area (TPSA) is 72.2 Å². The molecule has 0 fully saturated rings. The summed E-state index contributed by atoms with van der Waals surface area (Å²) >= 11 is 0. The van der Waals surface area contributed by atoms with Gasteiger partial charge in [0.15, 0.2) is 0 Å². The van der Waals surface area contributed by atoms with Crippen molar-refractivity contribution >= 4 is 11.8 Å². The first kappa shape index (κ1) is 15.8. The summed E-state index contributed by atoms with van der Waals surface area (Å²) in [5, 5.41) is 2.86. The van der Waals surface area contributed by atoms with Gasteiger partial charge in [-0.05, 0) is 48.2 Å². The molecule has 4 nitrogen and oxygen atoms in total. The second-order valence-corrected chi connectivity index (χ2v) is 5.44. The van der Waals surface area contributed by atoms with Crippen LogP contribution in [-0.2, 0) is 17.8 Å². The van der Waals surface area contributed by atoms with Crippen LogP contribution in [0.1, 0.15) is 32.6 Å². The highest BCUT2D eigenvalue weighted by atomic mass is 16.1. The zero-order valence-electron chi connectivity index (χ0n) is 12.8. The second-order valence-electron chi connectivity index (χ2n) is 5.44. The van der Waals surface area contributed by atoms with Gasteiger partial charge in [-0.25, -0.2) is 0 Å². The third-order valence-electron chi connectivity index (χ3n) is 3.64. The number of carbonyl (C=O) groups excluding carboxylic acids is 2. The summed E-state index contributed by atoms with van der Waals surface area (Å²) in [6.07, 6.45) is 0.344. The monoisotopic (exact) mass is 296 g/mol. The third-order valence-corrected chi connectivity index (χ3v) is 3.64. The number of amides is 2. The molecule has 2 amide bonds. The maximum absolute atomic E-state index is 12.0. The number of carbonyl (C=O) groups is 2. The van der Waals surface area contributed by atoms with Gasteiger partial charge in [-0.3, -0.25) is 9.59 Å². The molecule has 2 rings (SSSR count). The van der Waals surface area contributed by atoms with E-state index in [1.54, 1.807) is 18.2 Å². The number of aryl methyl sites for hydroxylation is 2. The largest absolute Gasteiger partial charge is 0.366 e. The van der Waals surface area contributed by atoms with E-state index < -0.39 is 5.91 Å². The smallest absolute Gasteiger partial charge is 0.248 e. The maximum atomic E-state index is 12.0. The highest BCUT2D eigenvalue weighted by Crippen LogP contribution is 2.10. The number of nitrogens with two attached hydrogens (primary N) is 1. The van der Waals surface area contributed by atoms with E-state index in [0.29, 0.717) is 18.5 Å². The molecule has 0 atom stereocenters. The zero-order chi connectivity index (χ0) is 16.1. The van der Waals surface area contributed by atoms with Crippen LogP contribution in [0.5, 0.6) is 0 Å². The van der Waals surface area contributed by atoms with E-state index in [4.69, 9.17) is 5.73 Å². The molecule has 0 aliphatic carbocycles. The van der Waals surface area contributed by atoms with Gasteiger partial charge in [-0.2, -0.15) is 0 Å². The molecule has 0 bridgehead atoms. The molecule has 0 saturated heterocycles. The van der Waals surface area contributed by atoms with E-state index in [1.807, 2.05) is 38.1 Å². The predicted octanol–water partition coefficient (Wildman–Crippen LogP) is 2.26. The van der Waals surface area contributed by atoms with Crippen molar-refractivity contribution in [1.82, 2.24) is 5.32 Å². The lowest BCUT2D eigenvalue weighted by Crippen LogP contribution is -2.24. The fraction of sp³-hybridized carbons (Fsp3) is 0.222. The van der Waals surface area contributed by atoms with Crippen molar-refractivity contribution in [1.29, 1.82) is 0 Å². The molecule has 114 valence electrons. The average molecular weight is 296 g/mol. The number of nitrogens with one attached hydrogen (secondary N) is 1. The standard InChI is InChI=1S/C18H20N2O2/c1-12-6-7-14(8-13(12)2)10-17(21)20-11-15-4-3-5-16(9-15)18(19)22/h3-9H,10-11H2,1-2H3,(H2,19,22)(H,20,21). The van der Waals surface area contributed by atoms with Gasteiger partial charge in [0.25, 0.3) is 0 Å². The van der Waals surface area contributed by atoms with Gasteiger partial charge in [-0.1, -0.05) is 30.3 Å². The van der Waals surface area contributed by atoms with Gasteiger partial charge in [-0.15, -0.1) is 0 Å². The summed E-state index contributed by atoms with van der Waals surface area (Å²) in [6, 6.07) is 13.0. The number of hydrogen-bond acceptors (Lipinski definition) is 2. The molecular formula is C18H20N2O2. The van der Waals surface area contributed by atoms with E-state index in [2.05, 4.69) is 5.32 Å². The van der Waals surface area contributed by atoms with E-state index in [1.165, 1.54) is 11.1 Å². The van der Waals surface area contributed by atoms with Crippen molar-refractivity contribution in [2.45, 2.75) is 26.8 Å². The molecule has 0 unspecified atom stereocenters. The summed E-state index contributed by atoms with van der Waals surface area (Å²) in [5.74, 6) is -0.518. The molecule has 3 N–H and O–H groups in total. The van der Waals surface area contributed by atoms with Crippen LogP contribution in [0.15, 0.2) is 42.5 Å². The number of hydrogen-bond donors (Lipinski definition) is 2. The van der Waals surface area contributed by atoms with Crippen LogP contribution in [0, 0.1) is 13.8 Å². The van der Waals surface area contributed by atoms with Crippen molar-refractivity contribution in [3.05, 3.63) is 70.3 Å². The fourth-order valence-corrected chi connectivity index (χ4v) is 2.20. The number of rotatable bonds is 5. The Morgan fingerprint density at radius 3 is 2.45 bits per heavy atom. The lowest BCUT2D eigenvalue weighted by Gasteiger charge is -2.08. The fourth-order valence-electron chi connectivity index (χ4n) is 2.20. The average Bonchev–Trinajstić information content (AvgIpc) is 2.49. The molecule has 2 aromatic carbocycles. The molecule has 4 heteroatoms. The maximum Gasteiger partial charge on any atom is 0.248 e. The van der Waals surface area contributed by atoms with Crippen LogP contribution in [0.25, 0.3) is 0 Å². The van der Waals surface area contributed by atoms with E-state index >= 15 is 0 Å². The molecule has 0 aromatic heterocycles. The Morgan fingerprint density at radius 2 is 1.77 bits per heavy atom. The van der Waals surface area contributed by atoms with Crippen LogP contribution in [0.3, 0.4) is 0 Å². The Kier molecular flexibility index (Phi) is 4.94. The van der Waals surface area contributed by atoms with E-state index in [0.717, 1.165) is 11.1 Å². The van der Waals surface area contributed by atoms with Crippen molar-refractivity contribution < 1.29 is 9.59 Å². The van der Waals surface area contributed by atoms with E-state index in [9.17, 15) is 9.59 Å². The summed E-state index contributed by atoms with van der Waals surface area (Å²) in [5.41, 5.74) is 9.93. The molecule has 0 radical (unpaired) electrons. The Morgan fingerprint density at radius 1 is 1.00 bits per heavy atom. The molecule has 2 aromatic rings. The zero-order valence-corrected chi connectivity index (χ0v) is 12.8. The van der Waals surface area contributed by atoms with E-state index in [-0.39, 0.29) is 5.91 Å². The van der Waals surface area contributed by atoms with Crippen LogP contribution in [0.2, 0.25) is 0 Å². The number of primary amides is 1. The second kappa shape index (κ2) is 6.89. The normalized spacial score (nSPS) is 10.3. The van der Waals surface area contributed by atoms with Gasteiger partial charge in [0.1, 0.15) is 0 Å². The first-order valence-corrected chi connectivity index (χ1v) is 7.17. The Hall–Kier alpha value is -2.62. The Balaban J connectivity index is 1.94. The lowest BCUT2D eigenvalue weighted by atomic mass is 10.0. The summed E-state index contributed by atoms with van der Waals surface area (Å²) < 4.78 is 0. The predicted molar refractivity (Wildman–Crippen MR) is 86.4 cm³/mol. The van der Waals surface area contributed by atoms with Crippen LogP contribution in [0.4, 0.5) is 0 Å². The van der Waals surface area contributed by atoms with Gasteiger partial charge in [0.05, 0.1) is 6.42 Å². The number of benzene rings is 2. The first-order valence-electron chi connectivity index (χ1n) is 7.17. The summed E-state index contributed by atoms with van der Waals surface area (Å²) in [6.45, 7) is 4.46. The van der Waals surface area contributed by atoms with Crippen molar-refractivity contribution in [3.8, 4) is 0 Å². The van der Waals surface area contributed by atoms with Crippen LogP contribution in [-0.4, -0.2) is 11.8 Å².